The minimum Gasteiger partial charge on any atom is -0.383 e. The lowest BCUT2D eigenvalue weighted by Crippen LogP contribution is -2.42. The predicted octanol–water partition coefficient (Wildman–Crippen LogP) is 1.53. The first kappa shape index (κ1) is 14.0. The lowest BCUT2D eigenvalue weighted by atomic mass is 9.82. The molecular weight excluding hydrogens is 230 g/mol. The van der Waals surface area contributed by atoms with Crippen LogP contribution in [0.15, 0.2) is 0 Å². The number of carbonyl (C=O) groups is 1. The van der Waals surface area contributed by atoms with Gasteiger partial charge in [-0.25, -0.2) is 0 Å². The monoisotopic (exact) mass is 255 g/mol. The molecule has 1 spiro atoms. The van der Waals surface area contributed by atoms with Gasteiger partial charge in [0.2, 0.25) is 0 Å². The van der Waals surface area contributed by atoms with Crippen LogP contribution in [-0.4, -0.2) is 44.8 Å². The molecule has 2 aliphatic rings. The summed E-state index contributed by atoms with van der Waals surface area (Å²) in [7, 11) is 1.67. The van der Waals surface area contributed by atoms with E-state index in [-0.39, 0.29) is 11.5 Å². The molecule has 0 aromatic carbocycles. The number of ketones is 1. The van der Waals surface area contributed by atoms with E-state index in [0.29, 0.717) is 18.9 Å². The summed E-state index contributed by atoms with van der Waals surface area (Å²) in [5.74, 6) is 0.549. The van der Waals surface area contributed by atoms with Crippen LogP contribution in [-0.2, 0) is 14.3 Å². The van der Waals surface area contributed by atoms with Crippen molar-refractivity contribution >= 4 is 5.78 Å². The molecule has 104 valence electrons. The molecular formula is C14H25NO3. The van der Waals surface area contributed by atoms with E-state index in [9.17, 15) is 4.79 Å². The van der Waals surface area contributed by atoms with E-state index in [1.807, 2.05) is 0 Å². The summed E-state index contributed by atoms with van der Waals surface area (Å²) >= 11 is 0. The molecule has 0 aromatic rings. The Morgan fingerprint density at radius 2 is 2.22 bits per heavy atom. The third-order valence-electron chi connectivity index (χ3n) is 4.25. The van der Waals surface area contributed by atoms with Crippen molar-refractivity contribution in [3.05, 3.63) is 0 Å². The molecule has 1 unspecified atom stereocenters. The van der Waals surface area contributed by atoms with Crippen LogP contribution in [0.2, 0.25) is 0 Å². The molecule has 0 amide bonds. The summed E-state index contributed by atoms with van der Waals surface area (Å²) in [6, 6.07) is 0. The molecule has 2 rings (SSSR count). The van der Waals surface area contributed by atoms with Gasteiger partial charge in [-0.2, -0.15) is 0 Å². The highest BCUT2D eigenvalue weighted by molar-refractivity contribution is 5.83. The molecule has 2 fully saturated rings. The fraction of sp³-hybridized carbons (Fsp3) is 0.929. The van der Waals surface area contributed by atoms with Gasteiger partial charge >= 0.3 is 0 Å². The lowest BCUT2D eigenvalue weighted by molar-refractivity contribution is -0.135. The van der Waals surface area contributed by atoms with E-state index in [4.69, 9.17) is 9.47 Å². The summed E-state index contributed by atoms with van der Waals surface area (Å²) in [6.45, 7) is 2.64. The number of methoxy groups -OCH3 is 1. The van der Waals surface area contributed by atoms with Gasteiger partial charge in [-0.1, -0.05) is 12.8 Å². The number of hydrogen-bond acceptors (Lipinski definition) is 4. The zero-order valence-corrected chi connectivity index (χ0v) is 11.4. The summed E-state index contributed by atoms with van der Waals surface area (Å²) in [6.07, 6.45) is 6.64. The molecule has 1 aliphatic carbocycles. The van der Waals surface area contributed by atoms with Crippen molar-refractivity contribution in [2.45, 2.75) is 44.1 Å². The molecule has 0 bridgehead atoms. The predicted molar refractivity (Wildman–Crippen MR) is 69.6 cm³/mol. The molecule has 1 saturated heterocycles. The third-order valence-corrected chi connectivity index (χ3v) is 4.25. The second-order valence-electron chi connectivity index (χ2n) is 5.56. The normalized spacial score (nSPS) is 26.6. The van der Waals surface area contributed by atoms with Gasteiger partial charge in [0.15, 0.2) is 0 Å². The highest BCUT2D eigenvalue weighted by Gasteiger charge is 2.41. The van der Waals surface area contributed by atoms with Gasteiger partial charge in [-0.05, 0) is 25.7 Å². The van der Waals surface area contributed by atoms with Crippen LogP contribution in [0.5, 0.6) is 0 Å². The van der Waals surface area contributed by atoms with Gasteiger partial charge in [-0.15, -0.1) is 0 Å². The van der Waals surface area contributed by atoms with Crippen LogP contribution in [0.3, 0.4) is 0 Å². The lowest BCUT2D eigenvalue weighted by Gasteiger charge is -2.37. The molecule has 1 N–H and O–H groups in total. The van der Waals surface area contributed by atoms with E-state index < -0.39 is 0 Å². The Morgan fingerprint density at radius 1 is 1.44 bits per heavy atom. The van der Waals surface area contributed by atoms with Crippen molar-refractivity contribution in [1.29, 1.82) is 0 Å². The number of nitrogens with one attached hydrogen (secondary N) is 1. The van der Waals surface area contributed by atoms with Gasteiger partial charge in [0, 0.05) is 26.2 Å². The average molecular weight is 255 g/mol. The van der Waals surface area contributed by atoms with E-state index in [0.717, 1.165) is 38.8 Å². The molecule has 1 atom stereocenters. The molecule has 1 heterocycles. The van der Waals surface area contributed by atoms with E-state index in [2.05, 4.69) is 5.32 Å². The molecule has 18 heavy (non-hydrogen) atoms. The van der Waals surface area contributed by atoms with E-state index in [1.165, 1.54) is 12.8 Å². The number of rotatable bonds is 6. The van der Waals surface area contributed by atoms with Gasteiger partial charge < -0.3 is 14.8 Å². The summed E-state index contributed by atoms with van der Waals surface area (Å²) in [5, 5.41) is 3.15. The highest BCUT2D eigenvalue weighted by Crippen LogP contribution is 2.42. The standard InChI is InChI=1S/C14H25NO3/c1-17-9-7-15-11-13(16)12-4-8-18-14(10-12)5-2-3-6-14/h12,15H,2-11H2,1H3. The van der Waals surface area contributed by atoms with Crippen LogP contribution in [0.25, 0.3) is 0 Å². The summed E-state index contributed by atoms with van der Waals surface area (Å²) in [4.78, 5) is 12.1. The first-order valence-corrected chi connectivity index (χ1v) is 7.12. The first-order chi connectivity index (χ1) is 8.76. The van der Waals surface area contributed by atoms with Crippen molar-refractivity contribution in [2.24, 2.45) is 5.92 Å². The van der Waals surface area contributed by atoms with Crippen LogP contribution >= 0.6 is 0 Å². The van der Waals surface area contributed by atoms with E-state index in [1.54, 1.807) is 7.11 Å². The Labute approximate surface area is 109 Å². The van der Waals surface area contributed by atoms with Gasteiger partial charge in [0.25, 0.3) is 0 Å². The molecule has 1 aliphatic heterocycles. The van der Waals surface area contributed by atoms with Gasteiger partial charge in [-0.3, -0.25) is 4.79 Å². The molecule has 0 radical (unpaired) electrons. The number of ether oxygens (including phenoxy) is 2. The van der Waals surface area contributed by atoms with Crippen molar-refractivity contribution < 1.29 is 14.3 Å². The van der Waals surface area contributed by atoms with E-state index >= 15 is 0 Å². The molecule has 1 saturated carbocycles. The molecule has 4 nitrogen and oxygen atoms in total. The second-order valence-corrected chi connectivity index (χ2v) is 5.56. The highest BCUT2D eigenvalue weighted by atomic mass is 16.5. The Hall–Kier alpha value is -0.450. The molecule has 4 heteroatoms. The fourth-order valence-electron chi connectivity index (χ4n) is 3.20. The zero-order chi connectivity index (χ0) is 12.8. The Kier molecular flexibility index (Phi) is 5.15. The van der Waals surface area contributed by atoms with Crippen molar-refractivity contribution in [3.8, 4) is 0 Å². The SMILES string of the molecule is COCCNCC(=O)C1CCOC2(CCCC2)C1. The maximum atomic E-state index is 12.1. The van der Waals surface area contributed by atoms with Crippen LogP contribution in [0.1, 0.15) is 38.5 Å². The number of carbonyl (C=O) groups excluding carboxylic acids is 1. The third kappa shape index (κ3) is 3.53. The van der Waals surface area contributed by atoms with Gasteiger partial charge in [0.05, 0.1) is 18.8 Å². The number of hydrogen-bond donors (Lipinski definition) is 1. The van der Waals surface area contributed by atoms with Crippen molar-refractivity contribution in [1.82, 2.24) is 5.32 Å². The zero-order valence-electron chi connectivity index (χ0n) is 11.4. The van der Waals surface area contributed by atoms with Crippen LogP contribution in [0.4, 0.5) is 0 Å². The second kappa shape index (κ2) is 6.64. The smallest absolute Gasteiger partial charge is 0.149 e. The first-order valence-electron chi connectivity index (χ1n) is 7.12. The quantitative estimate of drug-likeness (QED) is 0.731. The minimum atomic E-state index is 0.0467. The Balaban J connectivity index is 1.75. The molecule has 0 aromatic heterocycles. The Bertz CT molecular complexity index is 274. The summed E-state index contributed by atoms with van der Waals surface area (Å²) < 4.78 is 10.9. The average Bonchev–Trinajstić information content (AvgIpc) is 2.82. The van der Waals surface area contributed by atoms with Crippen LogP contribution < -0.4 is 5.32 Å². The minimum absolute atomic E-state index is 0.0467. The van der Waals surface area contributed by atoms with Crippen molar-refractivity contribution in [3.63, 3.8) is 0 Å². The topological polar surface area (TPSA) is 47.6 Å². The maximum Gasteiger partial charge on any atom is 0.149 e. The maximum absolute atomic E-state index is 12.1. The Morgan fingerprint density at radius 3 is 2.94 bits per heavy atom. The summed E-state index contributed by atoms with van der Waals surface area (Å²) in [5.41, 5.74) is 0.0467. The number of Topliss-reactive ketones (excluding diaryl/α,β-unsaturated/α-hetero) is 1. The fourth-order valence-corrected chi connectivity index (χ4v) is 3.20. The van der Waals surface area contributed by atoms with Gasteiger partial charge in [0.1, 0.15) is 5.78 Å². The van der Waals surface area contributed by atoms with Crippen LogP contribution in [0, 0.1) is 5.92 Å². The largest absolute Gasteiger partial charge is 0.383 e. The van der Waals surface area contributed by atoms with Crippen molar-refractivity contribution in [2.75, 3.05) is 33.4 Å².